The fourth-order valence-corrected chi connectivity index (χ4v) is 3.29. The molecule has 0 aromatic heterocycles. The SMILES string of the molecule is COc1cc(C=CC(=O)O)c(O[Si](C)(C)C(C)(C)C)c(C)c1Br. The van der Waals surface area contributed by atoms with Crippen molar-refractivity contribution in [2.45, 2.75) is 45.8 Å². The molecule has 0 saturated heterocycles. The molecule has 0 heterocycles. The molecule has 0 amide bonds. The summed E-state index contributed by atoms with van der Waals surface area (Å²) in [6.07, 6.45) is 2.66. The van der Waals surface area contributed by atoms with Gasteiger partial charge in [-0.25, -0.2) is 4.79 Å². The zero-order valence-electron chi connectivity index (χ0n) is 14.8. The van der Waals surface area contributed by atoms with Crippen LogP contribution in [-0.2, 0) is 4.79 Å². The maximum absolute atomic E-state index is 10.9. The van der Waals surface area contributed by atoms with Gasteiger partial charge in [0.1, 0.15) is 11.5 Å². The Morgan fingerprint density at radius 2 is 1.91 bits per heavy atom. The Labute approximate surface area is 147 Å². The summed E-state index contributed by atoms with van der Waals surface area (Å²) in [7, 11) is -0.476. The standard InChI is InChI=1S/C17H25BrO4Si/c1-11-15(18)13(21-5)10-12(8-9-14(19)20)16(11)22-23(6,7)17(2,3)4/h8-10H,1-7H3,(H,19,20). The second-order valence-electron chi connectivity index (χ2n) is 6.97. The molecule has 1 rings (SSSR count). The second kappa shape index (κ2) is 7.09. The molecule has 23 heavy (non-hydrogen) atoms. The number of aliphatic carboxylic acids is 1. The van der Waals surface area contributed by atoms with Gasteiger partial charge >= 0.3 is 5.97 Å². The first-order valence-electron chi connectivity index (χ1n) is 7.38. The van der Waals surface area contributed by atoms with Crippen LogP contribution in [0, 0.1) is 6.92 Å². The van der Waals surface area contributed by atoms with Gasteiger partial charge in [-0.3, -0.25) is 0 Å². The van der Waals surface area contributed by atoms with Gasteiger partial charge in [0.05, 0.1) is 11.6 Å². The van der Waals surface area contributed by atoms with Crippen LogP contribution in [-0.4, -0.2) is 26.5 Å². The Balaban J connectivity index is 3.50. The number of carboxylic acids is 1. The monoisotopic (exact) mass is 400 g/mol. The first-order chi connectivity index (χ1) is 10.4. The minimum atomic E-state index is -2.06. The molecule has 1 aromatic carbocycles. The van der Waals surface area contributed by atoms with Crippen LogP contribution < -0.4 is 9.16 Å². The van der Waals surface area contributed by atoms with Gasteiger partial charge in [0.25, 0.3) is 8.32 Å². The lowest BCUT2D eigenvalue weighted by Gasteiger charge is -2.37. The molecule has 0 aliphatic carbocycles. The fourth-order valence-electron chi connectivity index (χ4n) is 1.75. The summed E-state index contributed by atoms with van der Waals surface area (Å²) in [6.45, 7) is 12.8. The summed E-state index contributed by atoms with van der Waals surface area (Å²) >= 11 is 3.53. The number of carbonyl (C=O) groups is 1. The summed E-state index contributed by atoms with van der Waals surface area (Å²) in [5, 5.41) is 8.96. The highest BCUT2D eigenvalue weighted by molar-refractivity contribution is 9.10. The van der Waals surface area contributed by atoms with Crippen molar-refractivity contribution in [3.8, 4) is 11.5 Å². The predicted octanol–water partition coefficient (Wildman–Crippen LogP) is 5.25. The highest BCUT2D eigenvalue weighted by Crippen LogP contribution is 2.43. The van der Waals surface area contributed by atoms with Gasteiger partial charge in [-0.05, 0) is 53.1 Å². The van der Waals surface area contributed by atoms with Crippen LogP contribution in [0.15, 0.2) is 16.6 Å². The zero-order chi connectivity index (χ0) is 18.0. The molecular formula is C17H25BrO4Si. The van der Waals surface area contributed by atoms with E-state index in [1.807, 2.05) is 6.92 Å². The minimum absolute atomic E-state index is 0.0413. The van der Waals surface area contributed by atoms with E-state index in [0.717, 1.165) is 16.1 Å². The lowest BCUT2D eigenvalue weighted by Crippen LogP contribution is -2.44. The molecular weight excluding hydrogens is 376 g/mol. The third-order valence-corrected chi connectivity index (χ3v) is 9.54. The minimum Gasteiger partial charge on any atom is -0.543 e. The van der Waals surface area contributed by atoms with Crippen LogP contribution in [0.3, 0.4) is 0 Å². The van der Waals surface area contributed by atoms with E-state index in [1.165, 1.54) is 0 Å². The van der Waals surface area contributed by atoms with E-state index in [-0.39, 0.29) is 5.04 Å². The van der Waals surface area contributed by atoms with Crippen LogP contribution in [0.2, 0.25) is 18.1 Å². The van der Waals surface area contributed by atoms with Crippen molar-refractivity contribution in [3.63, 3.8) is 0 Å². The predicted molar refractivity (Wildman–Crippen MR) is 99.9 cm³/mol. The molecule has 0 aliphatic heterocycles. The summed E-state index contributed by atoms with van der Waals surface area (Å²) in [5.74, 6) is 0.361. The van der Waals surface area contributed by atoms with E-state index < -0.39 is 14.3 Å². The van der Waals surface area contributed by atoms with Gasteiger partial charge in [0.15, 0.2) is 0 Å². The third-order valence-electron chi connectivity index (χ3n) is 4.22. The van der Waals surface area contributed by atoms with Crippen LogP contribution >= 0.6 is 15.9 Å². The Bertz CT molecular complexity index is 630. The first kappa shape index (κ1) is 19.8. The number of halogens is 1. The first-order valence-corrected chi connectivity index (χ1v) is 11.1. The maximum atomic E-state index is 10.9. The number of hydrogen-bond acceptors (Lipinski definition) is 3. The van der Waals surface area contributed by atoms with Gasteiger partial charge < -0.3 is 14.3 Å². The van der Waals surface area contributed by atoms with Crippen LogP contribution in [0.4, 0.5) is 0 Å². The summed E-state index contributed by atoms with van der Waals surface area (Å²) in [4.78, 5) is 10.9. The second-order valence-corrected chi connectivity index (χ2v) is 12.5. The Kier molecular flexibility index (Phi) is 6.10. The molecule has 1 N–H and O–H groups in total. The number of benzene rings is 1. The molecule has 4 nitrogen and oxygen atoms in total. The van der Waals surface area contributed by atoms with E-state index in [0.29, 0.717) is 17.1 Å². The third kappa shape index (κ3) is 4.61. The maximum Gasteiger partial charge on any atom is 0.328 e. The summed E-state index contributed by atoms with van der Waals surface area (Å²) in [6, 6.07) is 1.79. The zero-order valence-corrected chi connectivity index (χ0v) is 17.4. The lowest BCUT2D eigenvalue weighted by atomic mass is 10.1. The molecule has 1 aromatic rings. The summed E-state index contributed by atoms with van der Waals surface area (Å²) in [5.41, 5.74) is 1.61. The highest BCUT2D eigenvalue weighted by atomic mass is 79.9. The van der Waals surface area contributed by atoms with E-state index >= 15 is 0 Å². The van der Waals surface area contributed by atoms with Crippen molar-refractivity contribution in [1.29, 1.82) is 0 Å². The molecule has 128 valence electrons. The molecule has 0 atom stereocenters. The smallest absolute Gasteiger partial charge is 0.328 e. The molecule has 0 unspecified atom stereocenters. The molecule has 0 saturated carbocycles. The molecule has 0 bridgehead atoms. The van der Waals surface area contributed by atoms with Gasteiger partial charge in [0, 0.05) is 17.2 Å². The van der Waals surface area contributed by atoms with Crippen molar-refractivity contribution in [3.05, 3.63) is 27.7 Å². The van der Waals surface area contributed by atoms with E-state index in [4.69, 9.17) is 14.3 Å². The van der Waals surface area contributed by atoms with Gasteiger partial charge in [-0.2, -0.15) is 0 Å². The van der Waals surface area contributed by atoms with Gasteiger partial charge in [-0.15, -0.1) is 0 Å². The number of methoxy groups -OCH3 is 1. The van der Waals surface area contributed by atoms with Crippen molar-refractivity contribution in [2.75, 3.05) is 7.11 Å². The largest absolute Gasteiger partial charge is 0.543 e. The van der Waals surface area contributed by atoms with Crippen molar-refractivity contribution in [1.82, 2.24) is 0 Å². The number of ether oxygens (including phenoxy) is 1. The van der Waals surface area contributed by atoms with Crippen LogP contribution in [0.25, 0.3) is 6.08 Å². The van der Waals surface area contributed by atoms with Gasteiger partial charge in [-0.1, -0.05) is 20.8 Å². The molecule has 0 radical (unpaired) electrons. The average Bonchev–Trinajstić information content (AvgIpc) is 2.41. The van der Waals surface area contributed by atoms with Crippen LogP contribution in [0.5, 0.6) is 11.5 Å². The van der Waals surface area contributed by atoms with Crippen LogP contribution in [0.1, 0.15) is 31.9 Å². The molecule has 0 spiro atoms. The average molecular weight is 401 g/mol. The fraction of sp³-hybridized carbons (Fsp3) is 0.471. The normalized spacial score (nSPS) is 12.5. The van der Waals surface area contributed by atoms with E-state index in [1.54, 1.807) is 19.3 Å². The summed E-state index contributed by atoms with van der Waals surface area (Å²) < 4.78 is 12.6. The van der Waals surface area contributed by atoms with Crippen molar-refractivity contribution >= 4 is 36.3 Å². The number of hydrogen-bond donors (Lipinski definition) is 1. The Morgan fingerprint density at radius 3 is 2.35 bits per heavy atom. The quantitative estimate of drug-likeness (QED) is 0.541. The lowest BCUT2D eigenvalue weighted by molar-refractivity contribution is -0.131. The number of rotatable bonds is 5. The number of carboxylic acid groups (broad SMARTS) is 1. The Hall–Kier alpha value is -1.27. The van der Waals surface area contributed by atoms with E-state index in [9.17, 15) is 4.79 Å². The van der Waals surface area contributed by atoms with Crippen molar-refractivity contribution in [2.24, 2.45) is 0 Å². The topological polar surface area (TPSA) is 55.8 Å². The molecule has 0 aliphatic rings. The van der Waals surface area contributed by atoms with Gasteiger partial charge in [0.2, 0.25) is 0 Å². The Morgan fingerprint density at radius 1 is 1.35 bits per heavy atom. The van der Waals surface area contributed by atoms with E-state index in [2.05, 4.69) is 49.8 Å². The molecule has 6 heteroatoms. The van der Waals surface area contributed by atoms with Crippen molar-refractivity contribution < 1.29 is 19.1 Å². The highest BCUT2D eigenvalue weighted by Gasteiger charge is 2.39. The molecule has 0 fully saturated rings.